The van der Waals surface area contributed by atoms with Gasteiger partial charge in [-0.3, -0.25) is 0 Å². The molecular weight excluding hydrogens is 661 g/mol. The summed E-state index contributed by atoms with van der Waals surface area (Å²) < 4.78 is 0. The molecule has 10 aromatic carbocycles. The highest BCUT2D eigenvalue weighted by atomic mass is 14.4. The summed E-state index contributed by atoms with van der Waals surface area (Å²) in [6.07, 6.45) is 0. The maximum absolute atomic E-state index is 2.45. The Labute approximate surface area is 322 Å². The normalized spacial score (nSPS) is 13.1. The van der Waals surface area contributed by atoms with E-state index in [1.165, 1.54) is 110 Å². The van der Waals surface area contributed by atoms with Gasteiger partial charge in [-0.15, -0.1) is 0 Å². The van der Waals surface area contributed by atoms with Crippen molar-refractivity contribution in [3.8, 4) is 55.6 Å². The van der Waals surface area contributed by atoms with E-state index >= 15 is 0 Å². The van der Waals surface area contributed by atoms with Gasteiger partial charge in [-0.05, 0) is 128 Å². The summed E-state index contributed by atoms with van der Waals surface area (Å²) in [4.78, 5) is 0. The van der Waals surface area contributed by atoms with Crippen LogP contribution in [-0.4, -0.2) is 0 Å². The maximum Gasteiger partial charge on any atom is 0.0159 e. The second-order valence-electron chi connectivity index (χ2n) is 15.6. The molecule has 0 spiro atoms. The average molecular weight is 699 g/mol. The number of hydrogen-bond donors (Lipinski definition) is 0. The fourth-order valence-corrected chi connectivity index (χ4v) is 9.61. The van der Waals surface area contributed by atoms with Gasteiger partial charge < -0.3 is 0 Å². The quantitative estimate of drug-likeness (QED) is 0.161. The van der Waals surface area contributed by atoms with Gasteiger partial charge in [-0.1, -0.05) is 190 Å². The highest BCUT2D eigenvalue weighted by Gasteiger charge is 2.36. The smallest absolute Gasteiger partial charge is 0.0159 e. The predicted molar refractivity (Wildman–Crippen MR) is 236 cm³/mol. The second kappa shape index (κ2) is 12.1. The molecule has 0 amide bonds. The van der Waals surface area contributed by atoms with Gasteiger partial charge in [-0.2, -0.15) is 0 Å². The minimum Gasteiger partial charge on any atom is -0.0616 e. The van der Waals surface area contributed by atoms with E-state index in [1.807, 2.05) is 0 Å². The Balaban J connectivity index is 1.07. The second-order valence-corrected chi connectivity index (χ2v) is 15.6. The Morgan fingerprint density at radius 3 is 1.40 bits per heavy atom. The molecule has 1 aliphatic carbocycles. The third-order valence-corrected chi connectivity index (χ3v) is 12.2. The van der Waals surface area contributed by atoms with E-state index in [0.29, 0.717) is 0 Å². The molecule has 258 valence electrons. The summed E-state index contributed by atoms with van der Waals surface area (Å²) in [5.41, 5.74) is 15.5. The Bertz CT molecular complexity index is 3110. The van der Waals surface area contributed by atoms with Crippen LogP contribution in [0.15, 0.2) is 194 Å². The molecule has 55 heavy (non-hydrogen) atoms. The van der Waals surface area contributed by atoms with Crippen LogP contribution in [0.5, 0.6) is 0 Å². The molecule has 0 saturated heterocycles. The van der Waals surface area contributed by atoms with Crippen LogP contribution >= 0.6 is 0 Å². The summed E-state index contributed by atoms with van der Waals surface area (Å²) in [5.74, 6) is 0. The molecule has 0 radical (unpaired) electrons. The van der Waals surface area contributed by atoms with Crippen molar-refractivity contribution in [2.75, 3.05) is 0 Å². The zero-order valence-corrected chi connectivity index (χ0v) is 31.0. The van der Waals surface area contributed by atoms with Crippen molar-refractivity contribution in [2.45, 2.75) is 19.3 Å². The van der Waals surface area contributed by atoms with Crippen molar-refractivity contribution < 1.29 is 0 Å². The zero-order chi connectivity index (χ0) is 36.7. The van der Waals surface area contributed by atoms with Crippen molar-refractivity contribution in [2.24, 2.45) is 0 Å². The molecule has 0 bridgehead atoms. The zero-order valence-electron chi connectivity index (χ0n) is 31.0. The van der Waals surface area contributed by atoms with Gasteiger partial charge in [0.1, 0.15) is 0 Å². The van der Waals surface area contributed by atoms with Crippen molar-refractivity contribution in [3.63, 3.8) is 0 Å². The van der Waals surface area contributed by atoms with Gasteiger partial charge in [-0.25, -0.2) is 0 Å². The summed E-state index contributed by atoms with van der Waals surface area (Å²) >= 11 is 0. The molecule has 0 aromatic heterocycles. The van der Waals surface area contributed by atoms with Crippen LogP contribution in [0.25, 0.3) is 98.7 Å². The standard InChI is InChI=1S/C55H38/c1-55(2)50-31-29-36-15-4-6-22-44(36)54(50)49-30-28-38(34-51(49)55)37-17-11-19-40(32-37)52-45-23-7-9-25-47(45)53(48-26-10-8-24-46(48)52)41-20-12-18-39(33-41)43-27-13-16-35-14-3-5-21-42(35)43/h3-34H,1-2H3. The van der Waals surface area contributed by atoms with E-state index in [4.69, 9.17) is 0 Å². The molecule has 0 heterocycles. The first-order valence-electron chi connectivity index (χ1n) is 19.3. The molecule has 0 unspecified atom stereocenters. The van der Waals surface area contributed by atoms with Crippen molar-refractivity contribution in [3.05, 3.63) is 205 Å². The van der Waals surface area contributed by atoms with E-state index < -0.39 is 0 Å². The summed E-state index contributed by atoms with van der Waals surface area (Å²) in [6.45, 7) is 4.76. The van der Waals surface area contributed by atoms with Gasteiger partial charge in [0.15, 0.2) is 0 Å². The summed E-state index contributed by atoms with van der Waals surface area (Å²) in [7, 11) is 0. The number of rotatable bonds is 4. The highest BCUT2D eigenvalue weighted by molar-refractivity contribution is 6.21. The van der Waals surface area contributed by atoms with Gasteiger partial charge in [0, 0.05) is 5.41 Å². The van der Waals surface area contributed by atoms with Gasteiger partial charge in [0.05, 0.1) is 0 Å². The molecule has 0 N–H and O–H groups in total. The van der Waals surface area contributed by atoms with Crippen LogP contribution in [0.3, 0.4) is 0 Å². The topological polar surface area (TPSA) is 0 Å². The number of benzene rings is 10. The van der Waals surface area contributed by atoms with Crippen molar-refractivity contribution >= 4 is 43.1 Å². The molecule has 10 aromatic rings. The van der Waals surface area contributed by atoms with Gasteiger partial charge in [0.2, 0.25) is 0 Å². The van der Waals surface area contributed by atoms with E-state index in [-0.39, 0.29) is 5.41 Å². The average Bonchev–Trinajstić information content (AvgIpc) is 3.48. The van der Waals surface area contributed by atoms with Gasteiger partial charge in [0.25, 0.3) is 0 Å². The van der Waals surface area contributed by atoms with Crippen LogP contribution in [0.4, 0.5) is 0 Å². The molecule has 0 nitrogen and oxygen atoms in total. The lowest BCUT2D eigenvalue weighted by Crippen LogP contribution is -2.15. The van der Waals surface area contributed by atoms with E-state index in [1.54, 1.807) is 0 Å². The van der Waals surface area contributed by atoms with Gasteiger partial charge >= 0.3 is 0 Å². The van der Waals surface area contributed by atoms with Crippen LogP contribution in [-0.2, 0) is 5.41 Å². The largest absolute Gasteiger partial charge is 0.0616 e. The van der Waals surface area contributed by atoms with Crippen LogP contribution in [0.2, 0.25) is 0 Å². The predicted octanol–water partition coefficient (Wildman–Crippen LogP) is 15.3. The van der Waals surface area contributed by atoms with Crippen LogP contribution in [0.1, 0.15) is 25.0 Å². The lowest BCUT2D eigenvalue weighted by molar-refractivity contribution is 0.661. The van der Waals surface area contributed by atoms with Crippen molar-refractivity contribution in [1.82, 2.24) is 0 Å². The SMILES string of the molecule is CC1(C)c2cc(-c3cccc(-c4c5ccccc5c(-c5cccc(-c6cccc7ccccc67)c5)c5ccccc45)c3)ccc2-c2c1ccc1ccccc21. The van der Waals surface area contributed by atoms with E-state index in [0.717, 1.165) is 0 Å². The number of fused-ring (bicyclic) bond motifs is 8. The highest BCUT2D eigenvalue weighted by Crippen LogP contribution is 2.52. The fraction of sp³-hybridized carbons (Fsp3) is 0.0545. The maximum atomic E-state index is 2.45. The molecule has 0 saturated carbocycles. The lowest BCUT2D eigenvalue weighted by atomic mass is 9.81. The first-order valence-corrected chi connectivity index (χ1v) is 19.3. The first-order chi connectivity index (χ1) is 27.0. The molecule has 11 rings (SSSR count). The minimum absolute atomic E-state index is 0.0878. The Morgan fingerprint density at radius 1 is 0.273 bits per heavy atom. The Hall–Kier alpha value is -6.76. The van der Waals surface area contributed by atoms with E-state index in [2.05, 4.69) is 208 Å². The Morgan fingerprint density at radius 2 is 0.745 bits per heavy atom. The third-order valence-electron chi connectivity index (χ3n) is 12.2. The molecule has 0 fully saturated rings. The fourth-order valence-electron chi connectivity index (χ4n) is 9.61. The molecule has 0 heteroatoms. The monoisotopic (exact) mass is 698 g/mol. The number of hydrogen-bond acceptors (Lipinski definition) is 0. The summed E-state index contributed by atoms with van der Waals surface area (Å²) in [6, 6.07) is 72.1. The molecule has 0 atom stereocenters. The molecule has 1 aliphatic rings. The van der Waals surface area contributed by atoms with Crippen LogP contribution in [0, 0.1) is 0 Å². The van der Waals surface area contributed by atoms with Crippen molar-refractivity contribution in [1.29, 1.82) is 0 Å². The van der Waals surface area contributed by atoms with Crippen LogP contribution < -0.4 is 0 Å². The molecule has 0 aliphatic heterocycles. The summed E-state index contributed by atoms with van der Waals surface area (Å²) in [5, 5.41) is 10.2. The third kappa shape index (κ3) is 4.85. The first kappa shape index (κ1) is 31.7. The molecular formula is C55H38. The minimum atomic E-state index is -0.0878. The lowest BCUT2D eigenvalue weighted by Gasteiger charge is -2.22. The van der Waals surface area contributed by atoms with E-state index in [9.17, 15) is 0 Å². The Kier molecular flexibility index (Phi) is 7.00.